The van der Waals surface area contributed by atoms with Crippen LogP contribution in [0.1, 0.15) is 6.23 Å². The zero-order valence-corrected chi connectivity index (χ0v) is 15.3. The van der Waals surface area contributed by atoms with E-state index in [9.17, 15) is 15.3 Å². The van der Waals surface area contributed by atoms with E-state index in [1.165, 1.54) is 17.2 Å². The van der Waals surface area contributed by atoms with E-state index in [1.807, 2.05) is 42.5 Å². The summed E-state index contributed by atoms with van der Waals surface area (Å²) >= 11 is 0. The number of hydrogen-bond donors (Lipinski definition) is 4. The number of imidazole rings is 1. The van der Waals surface area contributed by atoms with Crippen LogP contribution in [0.3, 0.4) is 0 Å². The first-order chi connectivity index (χ1) is 14.2. The van der Waals surface area contributed by atoms with Crippen molar-refractivity contribution in [2.24, 2.45) is 0 Å². The molecule has 0 amide bonds. The molecule has 1 aliphatic rings. The third-order valence-electron chi connectivity index (χ3n) is 5.16. The molecule has 148 valence electrons. The third kappa shape index (κ3) is 3.00. The summed E-state index contributed by atoms with van der Waals surface area (Å²) in [5.74, 6) is 0.510. The summed E-state index contributed by atoms with van der Waals surface area (Å²) in [6.07, 6.45) is -1.31. The lowest BCUT2D eigenvalue weighted by Crippen LogP contribution is -2.33. The summed E-state index contributed by atoms with van der Waals surface area (Å²) in [5, 5.41) is 35.1. The normalized spacial score (nSPS) is 24.4. The molecule has 29 heavy (non-hydrogen) atoms. The maximum atomic E-state index is 10.3. The summed E-state index contributed by atoms with van der Waals surface area (Å²) in [6.45, 7) is -0.398. The summed E-state index contributed by atoms with van der Waals surface area (Å²) in [4.78, 5) is 12.9. The number of aliphatic hydroxyl groups is 3. The molecule has 0 saturated carbocycles. The monoisotopic (exact) mass is 393 g/mol. The van der Waals surface area contributed by atoms with Gasteiger partial charge in [-0.15, -0.1) is 0 Å². The number of nitrogens with zero attached hydrogens (tertiary/aromatic N) is 4. The molecule has 0 aliphatic carbocycles. The highest BCUT2D eigenvalue weighted by atomic mass is 16.6. The molecule has 0 spiro atoms. The van der Waals surface area contributed by atoms with E-state index < -0.39 is 31.1 Å². The highest BCUT2D eigenvalue weighted by Crippen LogP contribution is 2.32. The second-order valence-electron chi connectivity index (χ2n) is 6.96. The molecule has 1 saturated heterocycles. The largest absolute Gasteiger partial charge is 0.394 e. The number of nitrogens with one attached hydrogen (secondary N) is 1. The van der Waals surface area contributed by atoms with Crippen LogP contribution in [0.2, 0.25) is 0 Å². The summed E-state index contributed by atoms with van der Waals surface area (Å²) in [6, 6.07) is 14.1. The van der Waals surface area contributed by atoms with Crippen molar-refractivity contribution in [1.82, 2.24) is 19.5 Å². The molecule has 0 bridgehead atoms. The molecule has 5 rings (SSSR count). The van der Waals surface area contributed by atoms with Gasteiger partial charge >= 0.3 is 0 Å². The van der Waals surface area contributed by atoms with Crippen molar-refractivity contribution in [3.05, 3.63) is 55.1 Å². The van der Waals surface area contributed by atoms with Crippen LogP contribution >= 0.6 is 0 Å². The first-order valence-corrected chi connectivity index (χ1v) is 9.21. The first-order valence-electron chi connectivity index (χ1n) is 9.21. The fraction of sp³-hybridized carbons (Fsp3) is 0.250. The molecular formula is C20H19N5O4. The van der Waals surface area contributed by atoms with Crippen molar-refractivity contribution in [3.8, 4) is 0 Å². The SMILES string of the molecule is OC[C@H]1O[C@@H](n2cnc3c(Nc4ccc5ccccc5c4)ncnc32)[C@H](O)[C@@H]1O. The molecule has 2 aromatic heterocycles. The number of ether oxygens (including phenoxy) is 1. The lowest BCUT2D eigenvalue weighted by molar-refractivity contribution is -0.0511. The minimum atomic E-state index is -1.21. The van der Waals surface area contributed by atoms with E-state index in [2.05, 4.69) is 20.3 Å². The number of aliphatic hydroxyl groups excluding tert-OH is 3. The smallest absolute Gasteiger partial charge is 0.167 e. The Morgan fingerprint density at radius 2 is 1.83 bits per heavy atom. The van der Waals surface area contributed by atoms with Gasteiger partial charge in [0.15, 0.2) is 23.2 Å². The number of aromatic nitrogens is 4. The van der Waals surface area contributed by atoms with Crippen LogP contribution < -0.4 is 5.32 Å². The fourth-order valence-corrected chi connectivity index (χ4v) is 3.64. The van der Waals surface area contributed by atoms with Gasteiger partial charge in [-0.1, -0.05) is 30.3 Å². The lowest BCUT2D eigenvalue weighted by Gasteiger charge is -2.16. The first kappa shape index (κ1) is 18.0. The van der Waals surface area contributed by atoms with Crippen LogP contribution in [0.15, 0.2) is 55.1 Å². The van der Waals surface area contributed by atoms with Gasteiger partial charge in [-0.05, 0) is 22.9 Å². The molecular weight excluding hydrogens is 374 g/mol. The predicted molar refractivity (Wildman–Crippen MR) is 106 cm³/mol. The van der Waals surface area contributed by atoms with Crippen LogP contribution in [-0.4, -0.2) is 59.8 Å². The summed E-state index contributed by atoms with van der Waals surface area (Å²) in [7, 11) is 0. The Bertz CT molecular complexity index is 1180. The highest BCUT2D eigenvalue weighted by molar-refractivity contribution is 5.89. The van der Waals surface area contributed by atoms with Crippen molar-refractivity contribution in [2.45, 2.75) is 24.5 Å². The van der Waals surface area contributed by atoms with Gasteiger partial charge in [0.05, 0.1) is 12.9 Å². The second kappa shape index (κ2) is 7.05. The molecule has 1 aliphatic heterocycles. The number of fused-ring (bicyclic) bond motifs is 2. The maximum Gasteiger partial charge on any atom is 0.167 e. The third-order valence-corrected chi connectivity index (χ3v) is 5.16. The Morgan fingerprint density at radius 1 is 1.00 bits per heavy atom. The van der Waals surface area contributed by atoms with Gasteiger partial charge < -0.3 is 25.4 Å². The summed E-state index contributed by atoms with van der Waals surface area (Å²) in [5.41, 5.74) is 1.79. The van der Waals surface area contributed by atoms with Gasteiger partial charge in [0.25, 0.3) is 0 Å². The molecule has 9 nitrogen and oxygen atoms in total. The Morgan fingerprint density at radius 3 is 2.62 bits per heavy atom. The van der Waals surface area contributed by atoms with E-state index in [0.29, 0.717) is 17.0 Å². The van der Waals surface area contributed by atoms with Crippen molar-refractivity contribution in [2.75, 3.05) is 11.9 Å². The number of benzene rings is 2. The van der Waals surface area contributed by atoms with Crippen LogP contribution in [0.25, 0.3) is 21.9 Å². The fourth-order valence-electron chi connectivity index (χ4n) is 3.64. The average Bonchev–Trinajstić information content (AvgIpc) is 3.30. The second-order valence-corrected chi connectivity index (χ2v) is 6.96. The summed E-state index contributed by atoms with van der Waals surface area (Å²) < 4.78 is 7.12. The minimum Gasteiger partial charge on any atom is -0.394 e. The lowest BCUT2D eigenvalue weighted by atomic mass is 10.1. The predicted octanol–water partition coefficient (Wildman–Crippen LogP) is 1.33. The average molecular weight is 393 g/mol. The van der Waals surface area contributed by atoms with Gasteiger partial charge in [-0.3, -0.25) is 4.57 Å². The van der Waals surface area contributed by atoms with Gasteiger partial charge in [-0.2, -0.15) is 0 Å². The van der Waals surface area contributed by atoms with Crippen molar-refractivity contribution >= 4 is 33.4 Å². The van der Waals surface area contributed by atoms with Crippen molar-refractivity contribution in [3.63, 3.8) is 0 Å². The topological polar surface area (TPSA) is 126 Å². The molecule has 9 heteroatoms. The van der Waals surface area contributed by atoms with Crippen LogP contribution in [-0.2, 0) is 4.74 Å². The van der Waals surface area contributed by atoms with Crippen LogP contribution in [0.5, 0.6) is 0 Å². The standard InChI is InChI=1S/C20H19N5O4/c26-8-14-16(27)17(28)20(29-14)25-10-23-15-18(21-9-22-19(15)25)24-13-6-5-11-3-1-2-4-12(11)7-13/h1-7,9-10,14,16-17,20,26-28H,8H2,(H,21,22,24)/t14-,16-,17-,20-/m1/s1. The van der Waals surface area contributed by atoms with E-state index in [4.69, 9.17) is 4.74 Å². The Hall–Kier alpha value is -3.11. The molecule has 3 heterocycles. The van der Waals surface area contributed by atoms with E-state index in [0.717, 1.165) is 16.5 Å². The number of hydrogen-bond acceptors (Lipinski definition) is 8. The zero-order chi connectivity index (χ0) is 20.0. The zero-order valence-electron chi connectivity index (χ0n) is 15.3. The van der Waals surface area contributed by atoms with Crippen molar-refractivity contribution in [1.29, 1.82) is 0 Å². The molecule has 4 atom stereocenters. The molecule has 2 aromatic carbocycles. The van der Waals surface area contributed by atoms with Crippen LogP contribution in [0, 0.1) is 0 Å². The van der Waals surface area contributed by atoms with Gasteiger partial charge in [0.1, 0.15) is 24.6 Å². The van der Waals surface area contributed by atoms with E-state index in [-0.39, 0.29) is 0 Å². The maximum absolute atomic E-state index is 10.3. The quantitative estimate of drug-likeness (QED) is 0.409. The van der Waals surface area contributed by atoms with Gasteiger partial charge in [0, 0.05) is 5.69 Å². The molecule has 4 N–H and O–H groups in total. The van der Waals surface area contributed by atoms with E-state index in [1.54, 1.807) is 0 Å². The molecule has 1 fully saturated rings. The Labute approximate surface area is 165 Å². The molecule has 0 unspecified atom stereocenters. The highest BCUT2D eigenvalue weighted by Gasteiger charge is 2.44. The molecule has 0 radical (unpaired) electrons. The van der Waals surface area contributed by atoms with E-state index >= 15 is 0 Å². The van der Waals surface area contributed by atoms with Crippen LogP contribution in [0.4, 0.5) is 11.5 Å². The number of rotatable bonds is 4. The van der Waals surface area contributed by atoms with Crippen molar-refractivity contribution < 1.29 is 20.1 Å². The minimum absolute atomic E-state index is 0.398. The molecule has 4 aromatic rings. The Kier molecular flexibility index (Phi) is 4.36. The number of anilines is 2. The Balaban J connectivity index is 1.50. The van der Waals surface area contributed by atoms with Gasteiger partial charge in [-0.25, -0.2) is 15.0 Å². The van der Waals surface area contributed by atoms with Gasteiger partial charge in [0.2, 0.25) is 0 Å².